The predicted molar refractivity (Wildman–Crippen MR) is 91.0 cm³/mol. The third-order valence-electron chi connectivity index (χ3n) is 3.78. The molecule has 5 nitrogen and oxygen atoms in total. The SMILES string of the molecule is CNc1ccc(-c2cccc3c2NCCC(=O)N3)cc1C=N. The van der Waals surface area contributed by atoms with Crippen LogP contribution in [0.4, 0.5) is 17.1 Å². The van der Waals surface area contributed by atoms with E-state index in [1.165, 1.54) is 6.21 Å². The lowest BCUT2D eigenvalue weighted by Crippen LogP contribution is -2.10. The molecular formula is C17H18N4O. The van der Waals surface area contributed by atoms with E-state index in [0.717, 1.165) is 33.8 Å². The summed E-state index contributed by atoms with van der Waals surface area (Å²) in [6.07, 6.45) is 1.80. The van der Waals surface area contributed by atoms with Crippen LogP contribution in [0.3, 0.4) is 0 Å². The maximum atomic E-state index is 11.7. The van der Waals surface area contributed by atoms with Gasteiger partial charge in [0.25, 0.3) is 0 Å². The summed E-state index contributed by atoms with van der Waals surface area (Å²) in [6.45, 7) is 0.613. The van der Waals surface area contributed by atoms with Gasteiger partial charge < -0.3 is 21.4 Å². The van der Waals surface area contributed by atoms with E-state index in [2.05, 4.69) is 16.0 Å². The van der Waals surface area contributed by atoms with Crippen molar-refractivity contribution in [1.29, 1.82) is 5.41 Å². The number of hydrogen-bond donors (Lipinski definition) is 4. The average molecular weight is 294 g/mol. The van der Waals surface area contributed by atoms with Gasteiger partial charge >= 0.3 is 0 Å². The molecule has 0 saturated carbocycles. The molecule has 1 aliphatic heterocycles. The molecule has 0 aromatic heterocycles. The molecule has 0 unspecified atom stereocenters. The Hall–Kier alpha value is -2.82. The van der Waals surface area contributed by atoms with Gasteiger partial charge in [-0.3, -0.25) is 4.79 Å². The van der Waals surface area contributed by atoms with Crippen LogP contribution in [-0.4, -0.2) is 25.7 Å². The maximum absolute atomic E-state index is 11.7. The Labute approximate surface area is 129 Å². The summed E-state index contributed by atoms with van der Waals surface area (Å²) in [4.78, 5) is 11.7. The molecule has 1 heterocycles. The van der Waals surface area contributed by atoms with Gasteiger partial charge in [-0.05, 0) is 23.8 Å². The number of fused-ring (bicyclic) bond motifs is 1. The number of rotatable bonds is 3. The molecule has 112 valence electrons. The van der Waals surface area contributed by atoms with E-state index in [-0.39, 0.29) is 5.91 Å². The van der Waals surface area contributed by atoms with E-state index in [9.17, 15) is 4.79 Å². The molecule has 2 aromatic rings. The average Bonchev–Trinajstić information content (AvgIpc) is 2.74. The van der Waals surface area contributed by atoms with Crippen LogP contribution in [-0.2, 0) is 4.79 Å². The van der Waals surface area contributed by atoms with Crippen LogP contribution in [0.25, 0.3) is 11.1 Å². The van der Waals surface area contributed by atoms with E-state index in [0.29, 0.717) is 13.0 Å². The Morgan fingerprint density at radius 1 is 1.27 bits per heavy atom. The fourth-order valence-electron chi connectivity index (χ4n) is 2.68. The quantitative estimate of drug-likeness (QED) is 0.657. The van der Waals surface area contributed by atoms with Crippen LogP contribution in [0.15, 0.2) is 36.4 Å². The van der Waals surface area contributed by atoms with E-state index in [4.69, 9.17) is 5.41 Å². The highest BCUT2D eigenvalue weighted by molar-refractivity contribution is 6.00. The lowest BCUT2D eigenvalue weighted by atomic mass is 9.99. The second kappa shape index (κ2) is 5.89. The molecular weight excluding hydrogens is 276 g/mol. The number of benzene rings is 2. The molecule has 5 heteroatoms. The van der Waals surface area contributed by atoms with Crippen LogP contribution < -0.4 is 16.0 Å². The van der Waals surface area contributed by atoms with Crippen molar-refractivity contribution < 1.29 is 4.79 Å². The Kier molecular flexibility index (Phi) is 3.78. The first kappa shape index (κ1) is 14.1. The zero-order valence-corrected chi connectivity index (χ0v) is 12.4. The van der Waals surface area contributed by atoms with Gasteiger partial charge in [-0.25, -0.2) is 0 Å². The van der Waals surface area contributed by atoms with E-state index in [1.807, 2.05) is 43.4 Å². The standard InChI is InChI=1S/C17H18N4O/c1-19-14-6-5-11(9-12(14)10-18)13-3-2-4-15-17(13)20-8-7-16(22)21-15/h2-6,9-10,18-20H,7-8H2,1H3,(H,21,22). The number of carbonyl (C=O) groups is 1. The van der Waals surface area contributed by atoms with Gasteiger partial charge in [0.05, 0.1) is 11.4 Å². The lowest BCUT2D eigenvalue weighted by Gasteiger charge is -2.15. The monoisotopic (exact) mass is 294 g/mol. The zero-order valence-electron chi connectivity index (χ0n) is 12.4. The number of anilines is 3. The molecule has 1 amide bonds. The minimum Gasteiger partial charge on any atom is -0.388 e. The predicted octanol–water partition coefficient (Wildman–Crippen LogP) is 3.15. The van der Waals surface area contributed by atoms with Crippen molar-refractivity contribution in [3.05, 3.63) is 42.0 Å². The first-order chi connectivity index (χ1) is 10.7. The topological polar surface area (TPSA) is 77.0 Å². The van der Waals surface area contributed by atoms with E-state index >= 15 is 0 Å². The minimum atomic E-state index is 0.0223. The highest BCUT2D eigenvalue weighted by Gasteiger charge is 2.16. The molecule has 0 fully saturated rings. The Morgan fingerprint density at radius 3 is 2.91 bits per heavy atom. The van der Waals surface area contributed by atoms with Gasteiger partial charge in [-0.2, -0.15) is 0 Å². The van der Waals surface area contributed by atoms with Crippen LogP contribution in [0, 0.1) is 5.41 Å². The highest BCUT2D eigenvalue weighted by Crippen LogP contribution is 2.36. The minimum absolute atomic E-state index is 0.0223. The van der Waals surface area contributed by atoms with Gasteiger partial charge in [0, 0.05) is 43.0 Å². The van der Waals surface area contributed by atoms with E-state index < -0.39 is 0 Å². The smallest absolute Gasteiger partial charge is 0.226 e. The van der Waals surface area contributed by atoms with Gasteiger partial charge in [-0.15, -0.1) is 0 Å². The molecule has 3 rings (SSSR count). The number of nitrogens with one attached hydrogen (secondary N) is 4. The molecule has 0 aliphatic carbocycles. The molecule has 0 spiro atoms. The van der Waals surface area contributed by atoms with Crippen molar-refractivity contribution in [3.63, 3.8) is 0 Å². The van der Waals surface area contributed by atoms with Crippen molar-refractivity contribution in [2.45, 2.75) is 6.42 Å². The van der Waals surface area contributed by atoms with Gasteiger partial charge in [0.2, 0.25) is 5.91 Å². The largest absolute Gasteiger partial charge is 0.388 e. The third-order valence-corrected chi connectivity index (χ3v) is 3.78. The number of amides is 1. The fraction of sp³-hybridized carbons (Fsp3) is 0.176. The van der Waals surface area contributed by atoms with E-state index in [1.54, 1.807) is 0 Å². The summed E-state index contributed by atoms with van der Waals surface area (Å²) < 4.78 is 0. The van der Waals surface area contributed by atoms with Crippen molar-refractivity contribution in [1.82, 2.24) is 0 Å². The normalized spacial score (nSPS) is 13.4. The summed E-state index contributed by atoms with van der Waals surface area (Å²) in [6, 6.07) is 11.8. The number of para-hydroxylation sites is 1. The highest BCUT2D eigenvalue weighted by atomic mass is 16.1. The Morgan fingerprint density at radius 2 is 2.14 bits per heavy atom. The molecule has 2 aromatic carbocycles. The Bertz CT molecular complexity index is 739. The summed E-state index contributed by atoms with van der Waals surface area (Å²) in [7, 11) is 1.84. The molecule has 0 bridgehead atoms. The molecule has 22 heavy (non-hydrogen) atoms. The number of carbonyl (C=O) groups excluding carboxylic acids is 1. The fourth-order valence-corrected chi connectivity index (χ4v) is 2.68. The summed E-state index contributed by atoms with van der Waals surface area (Å²) in [5.74, 6) is 0.0223. The second-order valence-corrected chi connectivity index (χ2v) is 5.15. The molecule has 0 radical (unpaired) electrons. The van der Waals surface area contributed by atoms with Crippen LogP contribution in [0.5, 0.6) is 0 Å². The summed E-state index contributed by atoms with van der Waals surface area (Å²) >= 11 is 0. The van der Waals surface area contributed by atoms with Crippen LogP contribution in [0.2, 0.25) is 0 Å². The first-order valence-corrected chi connectivity index (χ1v) is 7.22. The lowest BCUT2D eigenvalue weighted by molar-refractivity contribution is -0.115. The second-order valence-electron chi connectivity index (χ2n) is 5.15. The van der Waals surface area contributed by atoms with Crippen LogP contribution >= 0.6 is 0 Å². The zero-order chi connectivity index (χ0) is 15.5. The van der Waals surface area contributed by atoms with Gasteiger partial charge in [0.15, 0.2) is 0 Å². The van der Waals surface area contributed by atoms with Crippen LogP contribution in [0.1, 0.15) is 12.0 Å². The van der Waals surface area contributed by atoms with Crippen molar-refractivity contribution in [2.75, 3.05) is 29.5 Å². The molecule has 0 saturated heterocycles. The van der Waals surface area contributed by atoms with Crippen molar-refractivity contribution in [3.8, 4) is 11.1 Å². The molecule has 4 N–H and O–H groups in total. The first-order valence-electron chi connectivity index (χ1n) is 7.22. The van der Waals surface area contributed by atoms with Gasteiger partial charge in [0.1, 0.15) is 0 Å². The number of hydrogen-bond acceptors (Lipinski definition) is 4. The van der Waals surface area contributed by atoms with Gasteiger partial charge in [-0.1, -0.05) is 18.2 Å². The van der Waals surface area contributed by atoms with Crippen molar-refractivity contribution >= 4 is 29.2 Å². The molecule has 1 aliphatic rings. The summed E-state index contributed by atoms with van der Waals surface area (Å²) in [5, 5.41) is 16.9. The van der Waals surface area contributed by atoms with Crippen molar-refractivity contribution in [2.24, 2.45) is 0 Å². The molecule has 0 atom stereocenters. The maximum Gasteiger partial charge on any atom is 0.226 e. The summed E-state index contributed by atoms with van der Waals surface area (Å²) in [5.41, 5.74) is 5.51. The Balaban J connectivity index is 2.11. The third kappa shape index (κ3) is 2.53.